The Hall–Kier alpha value is -3.92. The summed E-state index contributed by atoms with van der Waals surface area (Å²) >= 11 is 0.931. The number of amides is 1. The zero-order valence-electron chi connectivity index (χ0n) is 22.1. The number of nitro benzene ring substituents is 1. The van der Waals surface area contributed by atoms with E-state index in [0.29, 0.717) is 42.9 Å². The Bertz CT molecular complexity index is 1640. The number of benzene rings is 2. The minimum Gasteiger partial charge on any atom is -0.490 e. The van der Waals surface area contributed by atoms with Gasteiger partial charge in [0.15, 0.2) is 5.75 Å². The zero-order valence-corrected chi connectivity index (χ0v) is 23.8. The summed E-state index contributed by atoms with van der Waals surface area (Å²) in [5, 5.41) is 14.6. The van der Waals surface area contributed by atoms with Crippen molar-refractivity contribution in [2.45, 2.75) is 36.9 Å². The summed E-state index contributed by atoms with van der Waals surface area (Å²) in [6.45, 7) is 1.37. The van der Waals surface area contributed by atoms with Crippen LogP contribution >= 0.6 is 11.7 Å². The molecule has 0 saturated carbocycles. The fourth-order valence-corrected chi connectivity index (χ4v) is 7.08. The van der Waals surface area contributed by atoms with Gasteiger partial charge in [-0.1, -0.05) is 18.2 Å². The fourth-order valence-electron chi connectivity index (χ4n) is 4.92. The van der Waals surface area contributed by atoms with Gasteiger partial charge < -0.3 is 14.5 Å². The van der Waals surface area contributed by atoms with Crippen LogP contribution in [0.1, 0.15) is 24.2 Å². The molecular weight excluding hydrogens is 572 g/mol. The Morgan fingerprint density at radius 2 is 2.07 bits per heavy atom. The molecule has 13 nitrogen and oxygen atoms in total. The Morgan fingerprint density at radius 1 is 1.24 bits per heavy atom. The van der Waals surface area contributed by atoms with E-state index in [1.165, 1.54) is 23.7 Å². The second-order valence-electron chi connectivity index (χ2n) is 9.57. The minimum atomic E-state index is -4.03. The average molecular weight is 601 g/mol. The molecule has 41 heavy (non-hydrogen) atoms. The number of hydrogen-bond donors (Lipinski definition) is 1. The van der Waals surface area contributed by atoms with Crippen LogP contribution in [0.2, 0.25) is 0 Å². The van der Waals surface area contributed by atoms with Crippen molar-refractivity contribution < 1.29 is 27.3 Å². The normalized spacial score (nSPS) is 15.9. The van der Waals surface area contributed by atoms with Gasteiger partial charge in [-0.15, -0.1) is 0 Å². The number of likely N-dealkylation sites (tertiary alicyclic amines) is 1. The van der Waals surface area contributed by atoms with Crippen LogP contribution in [-0.4, -0.2) is 70.0 Å². The standard InChI is InChI=1S/C26H28N6O7S2/c1-38-22-8-2-5-18(26(22)32(34)35)15-30-12-10-19(16-30)27-24(33)11-13-31(17-20-6-4-14-39-20)41(36,37)23-9-3-7-21-25(23)29-40-28-21/h2-9,14,19H,10-13,15-17H2,1H3,(H,27,33). The highest BCUT2D eigenvalue weighted by atomic mass is 32.2. The monoisotopic (exact) mass is 600 g/mol. The van der Waals surface area contributed by atoms with Crippen molar-refractivity contribution in [1.82, 2.24) is 23.3 Å². The SMILES string of the molecule is COc1cccc(CN2CCC(NC(=O)CCN(Cc3ccco3)S(=O)(=O)c3cccc4nsnc34)C2)c1[N+](=O)[O-]. The maximum atomic E-state index is 13.7. The van der Waals surface area contributed by atoms with Gasteiger partial charge in [0, 0.05) is 44.2 Å². The number of hydrogen-bond acceptors (Lipinski definition) is 11. The first-order valence-electron chi connectivity index (χ1n) is 12.8. The summed E-state index contributed by atoms with van der Waals surface area (Å²) in [5.41, 5.74) is 1.24. The van der Waals surface area contributed by atoms with E-state index in [1.54, 1.807) is 42.5 Å². The molecule has 4 aromatic rings. The van der Waals surface area contributed by atoms with E-state index in [9.17, 15) is 23.3 Å². The number of sulfonamides is 1. The molecule has 1 saturated heterocycles. The molecule has 0 spiro atoms. The van der Waals surface area contributed by atoms with Crippen molar-refractivity contribution in [3.63, 3.8) is 0 Å². The van der Waals surface area contributed by atoms with E-state index in [1.807, 2.05) is 4.90 Å². The maximum Gasteiger partial charge on any atom is 0.315 e. The van der Waals surface area contributed by atoms with Crippen LogP contribution in [0.5, 0.6) is 5.75 Å². The Morgan fingerprint density at radius 3 is 2.83 bits per heavy atom. The van der Waals surface area contributed by atoms with Crippen LogP contribution < -0.4 is 10.1 Å². The lowest BCUT2D eigenvalue weighted by Gasteiger charge is -2.22. The molecule has 1 N–H and O–H groups in total. The van der Waals surface area contributed by atoms with Crippen LogP contribution in [-0.2, 0) is 27.9 Å². The molecule has 15 heteroatoms. The third-order valence-corrected chi connectivity index (χ3v) is 9.30. The van der Waals surface area contributed by atoms with E-state index in [0.717, 1.165) is 11.7 Å². The highest BCUT2D eigenvalue weighted by molar-refractivity contribution is 7.89. The van der Waals surface area contributed by atoms with Crippen molar-refractivity contribution in [2.75, 3.05) is 26.7 Å². The van der Waals surface area contributed by atoms with Crippen molar-refractivity contribution in [3.8, 4) is 5.75 Å². The summed E-state index contributed by atoms with van der Waals surface area (Å²) in [6.07, 6.45) is 2.06. The molecule has 216 valence electrons. The summed E-state index contributed by atoms with van der Waals surface area (Å²) in [6, 6.07) is 12.9. The third-order valence-electron chi connectivity index (χ3n) is 6.88. The Kier molecular flexibility index (Phi) is 8.58. The number of furan rings is 1. The zero-order chi connectivity index (χ0) is 29.0. The van der Waals surface area contributed by atoms with Gasteiger partial charge in [-0.25, -0.2) is 8.42 Å². The summed E-state index contributed by atoms with van der Waals surface area (Å²) in [7, 11) is -2.64. The molecule has 1 unspecified atom stereocenters. The molecule has 3 heterocycles. The number of fused-ring (bicyclic) bond motifs is 1. The largest absolute Gasteiger partial charge is 0.490 e. The number of carbonyl (C=O) groups is 1. The predicted octanol–water partition coefficient (Wildman–Crippen LogP) is 3.17. The highest BCUT2D eigenvalue weighted by Gasteiger charge is 2.31. The number of nitrogens with zero attached hydrogens (tertiary/aromatic N) is 5. The van der Waals surface area contributed by atoms with Crippen LogP contribution in [0, 0.1) is 10.1 Å². The lowest BCUT2D eigenvalue weighted by Crippen LogP contribution is -2.39. The quantitative estimate of drug-likeness (QED) is 0.189. The van der Waals surface area contributed by atoms with Gasteiger partial charge in [-0.3, -0.25) is 19.8 Å². The maximum absolute atomic E-state index is 13.7. The van der Waals surface area contributed by atoms with Crippen molar-refractivity contribution in [1.29, 1.82) is 0 Å². The number of para-hydroxylation sites is 1. The Balaban J connectivity index is 1.23. The molecule has 1 aliphatic rings. The van der Waals surface area contributed by atoms with Gasteiger partial charge >= 0.3 is 5.69 Å². The smallest absolute Gasteiger partial charge is 0.315 e. The second kappa shape index (κ2) is 12.3. The molecule has 1 amide bonds. The summed E-state index contributed by atoms with van der Waals surface area (Å²) < 4.78 is 47.4. The molecule has 2 aromatic carbocycles. The molecule has 0 radical (unpaired) electrons. The van der Waals surface area contributed by atoms with Crippen LogP contribution in [0.3, 0.4) is 0 Å². The van der Waals surface area contributed by atoms with Gasteiger partial charge in [-0.05, 0) is 36.8 Å². The summed E-state index contributed by atoms with van der Waals surface area (Å²) in [4.78, 5) is 26.2. The number of carbonyl (C=O) groups excluding carboxylic acids is 1. The first-order valence-corrected chi connectivity index (χ1v) is 15.0. The van der Waals surface area contributed by atoms with Gasteiger partial charge in [0.1, 0.15) is 21.7 Å². The van der Waals surface area contributed by atoms with Crippen molar-refractivity contribution in [3.05, 3.63) is 76.2 Å². The molecule has 2 aromatic heterocycles. The number of aromatic nitrogens is 2. The predicted molar refractivity (Wildman–Crippen MR) is 150 cm³/mol. The van der Waals surface area contributed by atoms with Gasteiger partial charge in [0.25, 0.3) is 0 Å². The first kappa shape index (κ1) is 28.6. The van der Waals surface area contributed by atoms with E-state index in [2.05, 4.69) is 14.1 Å². The third kappa shape index (κ3) is 6.37. The van der Waals surface area contributed by atoms with Crippen LogP contribution in [0.4, 0.5) is 5.69 Å². The molecule has 1 atom stereocenters. The number of ether oxygens (including phenoxy) is 1. The van der Waals surface area contributed by atoms with Crippen molar-refractivity contribution in [2.24, 2.45) is 0 Å². The molecule has 1 fully saturated rings. The van der Waals surface area contributed by atoms with Crippen LogP contribution in [0.15, 0.2) is 64.1 Å². The topological polar surface area (TPSA) is 161 Å². The molecule has 0 aliphatic carbocycles. The van der Waals surface area contributed by atoms with E-state index in [-0.39, 0.29) is 53.3 Å². The van der Waals surface area contributed by atoms with E-state index >= 15 is 0 Å². The first-order chi connectivity index (χ1) is 19.8. The highest BCUT2D eigenvalue weighted by Crippen LogP contribution is 2.32. The average Bonchev–Trinajstić information content (AvgIpc) is 3.73. The van der Waals surface area contributed by atoms with Gasteiger partial charge in [-0.2, -0.15) is 13.1 Å². The minimum absolute atomic E-state index is 0.0220. The lowest BCUT2D eigenvalue weighted by molar-refractivity contribution is -0.386. The molecule has 5 rings (SSSR count). The van der Waals surface area contributed by atoms with Crippen molar-refractivity contribution >= 4 is 44.4 Å². The molecule has 0 bridgehead atoms. The van der Waals surface area contributed by atoms with E-state index in [4.69, 9.17) is 9.15 Å². The summed E-state index contributed by atoms with van der Waals surface area (Å²) in [5.74, 6) is 0.348. The lowest BCUT2D eigenvalue weighted by atomic mass is 10.1. The second-order valence-corrected chi connectivity index (χ2v) is 12.0. The Labute approximate surface area is 240 Å². The molecular formula is C26H28N6O7S2. The molecule has 1 aliphatic heterocycles. The van der Waals surface area contributed by atoms with Gasteiger partial charge in [0.05, 0.1) is 36.6 Å². The number of nitro groups is 1. The van der Waals surface area contributed by atoms with Crippen LogP contribution in [0.25, 0.3) is 11.0 Å². The fraction of sp³-hybridized carbons (Fsp3) is 0.346. The van der Waals surface area contributed by atoms with E-state index < -0.39 is 14.9 Å². The van der Waals surface area contributed by atoms with Gasteiger partial charge in [0.2, 0.25) is 15.9 Å². The number of rotatable bonds is 12. The number of nitrogens with one attached hydrogen (secondary N) is 1. The number of methoxy groups -OCH3 is 1.